The fraction of sp³-hybridized carbons (Fsp3) is 0.143. The Kier molecular flexibility index (Phi) is 1.59. The summed E-state index contributed by atoms with van der Waals surface area (Å²) in [5.74, 6) is 0.888. The molecule has 2 rings (SSSR count). The van der Waals surface area contributed by atoms with Gasteiger partial charge in [-0.1, -0.05) is 0 Å². The summed E-state index contributed by atoms with van der Waals surface area (Å²) in [4.78, 5) is 4.05. The van der Waals surface area contributed by atoms with E-state index in [1.165, 1.54) is 0 Å². The van der Waals surface area contributed by atoms with Crippen LogP contribution in [0, 0.1) is 0 Å². The average Bonchev–Trinajstić information content (AvgIpc) is 2.87. The Morgan fingerprint density at radius 1 is 1.36 bits per heavy atom. The Balaban J connectivity index is 2.26. The van der Waals surface area contributed by atoms with Crippen LogP contribution in [0.4, 0.5) is 5.69 Å². The Labute approximate surface area is 66.6 Å². The molecule has 1 unspecified atom stereocenters. The van der Waals surface area contributed by atoms with Gasteiger partial charge in [0, 0.05) is 12.1 Å². The number of methoxy groups -OCH3 is 1. The molecule has 0 radical (unpaired) electrons. The molecule has 0 amide bonds. The van der Waals surface area contributed by atoms with Crippen molar-refractivity contribution in [2.45, 2.75) is 0 Å². The lowest BCUT2D eigenvalue weighted by molar-refractivity contribution is -0.259. The van der Waals surface area contributed by atoms with E-state index in [9.17, 15) is 0 Å². The van der Waals surface area contributed by atoms with E-state index in [0.29, 0.717) is 8.88 Å². The molecule has 0 bridgehead atoms. The fourth-order valence-electron chi connectivity index (χ4n) is 0.861. The zero-order valence-corrected chi connectivity index (χ0v) is 7.11. The van der Waals surface area contributed by atoms with Gasteiger partial charge < -0.3 is 4.74 Å². The average molecular weight is 167 g/mol. The molecular formula is C7H8N2OP+. The van der Waals surface area contributed by atoms with Crippen LogP contribution in [0.2, 0.25) is 0 Å². The monoisotopic (exact) mass is 167 g/mol. The second-order valence-corrected chi connectivity index (χ2v) is 3.03. The number of benzene rings is 1. The standard InChI is InChI=1S/C7H8N2OP/c1-10-7-4-2-6(3-5-7)9-8-11-9/h2-5,11H,1H3/q+1. The van der Waals surface area contributed by atoms with Gasteiger partial charge in [-0.15, -0.1) is 0 Å². The zero-order valence-electron chi connectivity index (χ0n) is 6.11. The van der Waals surface area contributed by atoms with Crippen molar-refractivity contribution < 1.29 is 9.20 Å². The molecule has 1 heterocycles. The molecule has 1 aromatic rings. The highest BCUT2D eigenvalue weighted by Gasteiger charge is 2.25. The summed E-state index contributed by atoms with van der Waals surface area (Å²) < 4.78 is 6.98. The SMILES string of the molecule is COc1ccc([N+]2=NP2)cc1. The molecule has 0 spiro atoms. The van der Waals surface area contributed by atoms with Gasteiger partial charge in [0.25, 0.3) is 0 Å². The molecule has 1 aromatic carbocycles. The summed E-state index contributed by atoms with van der Waals surface area (Å²) >= 11 is 0. The zero-order chi connectivity index (χ0) is 7.68. The third kappa shape index (κ3) is 1.38. The third-order valence-electron chi connectivity index (χ3n) is 1.52. The lowest BCUT2D eigenvalue weighted by atomic mass is 10.3. The Hall–Kier alpha value is -0.950. The molecule has 3 nitrogen and oxygen atoms in total. The molecule has 0 N–H and O–H groups in total. The van der Waals surface area contributed by atoms with E-state index in [1.54, 1.807) is 7.11 Å². The summed E-state index contributed by atoms with van der Waals surface area (Å²) in [7, 11) is 2.28. The molecule has 1 aliphatic heterocycles. The summed E-state index contributed by atoms with van der Waals surface area (Å²) in [5.41, 5.74) is 1.14. The highest BCUT2D eigenvalue weighted by atomic mass is 31.1. The van der Waals surface area contributed by atoms with E-state index in [1.807, 2.05) is 28.7 Å². The van der Waals surface area contributed by atoms with Gasteiger partial charge in [0.2, 0.25) is 5.69 Å². The summed E-state index contributed by atoms with van der Waals surface area (Å²) in [6.45, 7) is 0. The molecule has 0 aromatic heterocycles. The lowest BCUT2D eigenvalue weighted by Crippen LogP contribution is -1.81. The predicted octanol–water partition coefficient (Wildman–Crippen LogP) is 2.31. The minimum atomic E-state index is 0.617. The Morgan fingerprint density at radius 3 is 2.45 bits per heavy atom. The first-order chi connectivity index (χ1) is 5.40. The van der Waals surface area contributed by atoms with Crippen LogP contribution in [0.15, 0.2) is 29.2 Å². The molecule has 0 fully saturated rings. The van der Waals surface area contributed by atoms with Gasteiger partial charge in [-0.2, -0.15) is 0 Å². The van der Waals surface area contributed by atoms with Crippen molar-refractivity contribution in [3.8, 4) is 5.75 Å². The van der Waals surface area contributed by atoms with E-state index < -0.39 is 0 Å². The quantitative estimate of drug-likeness (QED) is 0.620. The third-order valence-corrected chi connectivity index (χ3v) is 2.18. The van der Waals surface area contributed by atoms with Gasteiger partial charge in [0.05, 0.1) is 12.0 Å². The van der Waals surface area contributed by atoms with Crippen molar-refractivity contribution >= 4 is 14.6 Å². The van der Waals surface area contributed by atoms with Gasteiger partial charge in [0.15, 0.2) is 0 Å². The van der Waals surface area contributed by atoms with Crippen molar-refractivity contribution in [2.24, 2.45) is 4.88 Å². The van der Waals surface area contributed by atoms with Crippen LogP contribution in [-0.4, -0.2) is 11.6 Å². The normalized spacial score (nSPS) is 16.3. The van der Waals surface area contributed by atoms with Crippen molar-refractivity contribution in [2.75, 3.05) is 7.11 Å². The van der Waals surface area contributed by atoms with Crippen LogP contribution in [0.3, 0.4) is 0 Å². The van der Waals surface area contributed by atoms with Gasteiger partial charge in [0.1, 0.15) is 5.75 Å². The first kappa shape index (κ1) is 6.74. The summed E-state index contributed by atoms with van der Waals surface area (Å²) in [6.07, 6.45) is 0. The molecule has 0 saturated heterocycles. The number of hydrogen-bond donors (Lipinski definition) is 0. The van der Waals surface area contributed by atoms with Crippen molar-refractivity contribution in [3.05, 3.63) is 24.3 Å². The topological polar surface area (TPSA) is 24.6 Å². The summed E-state index contributed by atoms with van der Waals surface area (Å²) in [6, 6.07) is 7.88. The van der Waals surface area contributed by atoms with Crippen LogP contribution in [0.5, 0.6) is 5.75 Å². The highest BCUT2D eigenvalue weighted by Crippen LogP contribution is 2.39. The lowest BCUT2D eigenvalue weighted by Gasteiger charge is -1.95. The highest BCUT2D eigenvalue weighted by molar-refractivity contribution is 7.32. The minimum Gasteiger partial charge on any atom is -0.497 e. The molecule has 4 heteroatoms. The van der Waals surface area contributed by atoms with Crippen LogP contribution in [0.25, 0.3) is 0 Å². The predicted molar refractivity (Wildman–Crippen MR) is 43.7 cm³/mol. The van der Waals surface area contributed by atoms with E-state index in [-0.39, 0.29) is 0 Å². The van der Waals surface area contributed by atoms with Gasteiger partial charge >= 0.3 is 8.88 Å². The first-order valence-corrected chi connectivity index (χ1v) is 4.20. The second-order valence-electron chi connectivity index (χ2n) is 2.21. The maximum atomic E-state index is 5.02. The molecular weight excluding hydrogens is 159 g/mol. The van der Waals surface area contributed by atoms with E-state index in [0.717, 1.165) is 11.4 Å². The smallest absolute Gasteiger partial charge is 0.393 e. The number of ether oxygens (including phenoxy) is 1. The number of hydrogen-bond acceptors (Lipinski definition) is 2. The van der Waals surface area contributed by atoms with Crippen LogP contribution < -0.4 is 4.74 Å². The van der Waals surface area contributed by atoms with Crippen LogP contribution in [0.1, 0.15) is 0 Å². The Morgan fingerprint density at radius 2 is 2.00 bits per heavy atom. The molecule has 0 aliphatic carbocycles. The molecule has 0 saturated carbocycles. The molecule has 1 aliphatic rings. The van der Waals surface area contributed by atoms with Gasteiger partial charge in [-0.25, -0.2) is 0 Å². The number of nitrogens with zero attached hydrogens (tertiary/aromatic N) is 2. The van der Waals surface area contributed by atoms with Crippen LogP contribution in [-0.2, 0) is 0 Å². The van der Waals surface area contributed by atoms with Crippen molar-refractivity contribution in [1.29, 1.82) is 0 Å². The largest absolute Gasteiger partial charge is 0.497 e. The van der Waals surface area contributed by atoms with E-state index in [4.69, 9.17) is 4.74 Å². The maximum Gasteiger partial charge on any atom is 0.393 e. The van der Waals surface area contributed by atoms with E-state index in [2.05, 4.69) is 4.88 Å². The fourth-order valence-corrected chi connectivity index (χ4v) is 1.29. The second kappa shape index (κ2) is 2.59. The maximum absolute atomic E-state index is 5.02. The van der Waals surface area contributed by atoms with Crippen LogP contribution >= 0.6 is 8.88 Å². The summed E-state index contributed by atoms with van der Waals surface area (Å²) in [5, 5.41) is 0. The van der Waals surface area contributed by atoms with Crippen molar-refractivity contribution in [1.82, 2.24) is 0 Å². The molecule has 1 atom stereocenters. The van der Waals surface area contributed by atoms with Crippen molar-refractivity contribution in [3.63, 3.8) is 0 Å². The first-order valence-electron chi connectivity index (χ1n) is 3.30. The Bertz CT molecular complexity index is 294. The molecule has 56 valence electrons. The van der Waals surface area contributed by atoms with E-state index >= 15 is 0 Å². The number of rotatable bonds is 2. The minimum absolute atomic E-state index is 0.617. The van der Waals surface area contributed by atoms with Gasteiger partial charge in [-0.05, 0) is 16.6 Å². The molecule has 11 heavy (non-hydrogen) atoms. The van der Waals surface area contributed by atoms with Gasteiger partial charge in [-0.3, -0.25) is 0 Å².